The molecule has 0 aliphatic carbocycles. The van der Waals surface area contributed by atoms with Crippen LogP contribution in [-0.2, 0) is 4.74 Å². The van der Waals surface area contributed by atoms with Gasteiger partial charge in [-0.15, -0.1) is 11.3 Å². The van der Waals surface area contributed by atoms with Crippen LogP contribution in [0.4, 0.5) is 0 Å². The van der Waals surface area contributed by atoms with Gasteiger partial charge in [0, 0.05) is 35.4 Å². The van der Waals surface area contributed by atoms with Crippen LogP contribution in [-0.4, -0.2) is 49.7 Å². The highest BCUT2D eigenvalue weighted by molar-refractivity contribution is 7.12. The average Bonchev–Trinajstić information content (AvgIpc) is 2.78. The summed E-state index contributed by atoms with van der Waals surface area (Å²) >= 11 is 1.68. The zero-order valence-corrected chi connectivity index (χ0v) is 14.3. The molecule has 1 N–H and O–H groups in total. The van der Waals surface area contributed by atoms with Crippen LogP contribution in [0.1, 0.15) is 34.0 Å². The van der Waals surface area contributed by atoms with Crippen molar-refractivity contribution in [2.75, 3.05) is 32.8 Å². The van der Waals surface area contributed by atoms with E-state index in [2.05, 4.69) is 24.1 Å². The molecule has 2 heterocycles. The standard InChI is InChI=1S/C16H26N2O2S/c1-11(2)15(18-5-7-20-8-6-18)10-17-16(19)14-9-12(3)21-13(14)4/h9,11,15H,5-8,10H2,1-4H3,(H,17,19). The van der Waals surface area contributed by atoms with Gasteiger partial charge in [-0.05, 0) is 25.8 Å². The highest BCUT2D eigenvalue weighted by Crippen LogP contribution is 2.20. The maximum absolute atomic E-state index is 12.3. The van der Waals surface area contributed by atoms with Crippen molar-refractivity contribution >= 4 is 17.2 Å². The topological polar surface area (TPSA) is 41.6 Å². The number of thiophene rings is 1. The van der Waals surface area contributed by atoms with Gasteiger partial charge in [0.1, 0.15) is 0 Å². The molecule has 1 aromatic rings. The summed E-state index contributed by atoms with van der Waals surface area (Å²) < 4.78 is 5.42. The van der Waals surface area contributed by atoms with Crippen LogP contribution in [0.3, 0.4) is 0 Å². The quantitative estimate of drug-likeness (QED) is 0.908. The van der Waals surface area contributed by atoms with E-state index in [9.17, 15) is 4.79 Å². The number of nitrogens with zero attached hydrogens (tertiary/aromatic N) is 1. The number of nitrogens with one attached hydrogen (secondary N) is 1. The molecule has 1 aromatic heterocycles. The zero-order valence-electron chi connectivity index (χ0n) is 13.4. The molecule has 2 rings (SSSR count). The van der Waals surface area contributed by atoms with Crippen molar-refractivity contribution in [3.8, 4) is 0 Å². The monoisotopic (exact) mass is 310 g/mol. The van der Waals surface area contributed by atoms with Crippen LogP contribution in [0, 0.1) is 19.8 Å². The third kappa shape index (κ3) is 4.28. The van der Waals surface area contributed by atoms with Crippen molar-refractivity contribution in [1.29, 1.82) is 0 Å². The van der Waals surface area contributed by atoms with Gasteiger partial charge < -0.3 is 10.1 Å². The van der Waals surface area contributed by atoms with Crippen molar-refractivity contribution in [2.45, 2.75) is 33.7 Å². The molecule has 1 saturated heterocycles. The van der Waals surface area contributed by atoms with E-state index < -0.39 is 0 Å². The molecule has 4 nitrogen and oxygen atoms in total. The Morgan fingerprint density at radius 3 is 2.57 bits per heavy atom. The fourth-order valence-electron chi connectivity index (χ4n) is 2.84. The van der Waals surface area contributed by atoms with Crippen molar-refractivity contribution in [3.63, 3.8) is 0 Å². The Kier molecular flexibility index (Phi) is 5.79. The Bertz CT molecular complexity index is 479. The first kappa shape index (κ1) is 16.5. The Morgan fingerprint density at radius 1 is 1.38 bits per heavy atom. The van der Waals surface area contributed by atoms with Gasteiger partial charge in [-0.2, -0.15) is 0 Å². The summed E-state index contributed by atoms with van der Waals surface area (Å²) in [6.45, 7) is 12.7. The number of amides is 1. The Labute approximate surface area is 131 Å². The van der Waals surface area contributed by atoms with Crippen LogP contribution in [0.25, 0.3) is 0 Å². The fourth-order valence-corrected chi connectivity index (χ4v) is 3.77. The van der Waals surface area contributed by atoms with Crippen LogP contribution in [0.5, 0.6) is 0 Å². The van der Waals surface area contributed by atoms with E-state index >= 15 is 0 Å². The maximum Gasteiger partial charge on any atom is 0.252 e. The SMILES string of the molecule is Cc1cc(C(=O)NCC(C(C)C)N2CCOCC2)c(C)s1. The van der Waals surface area contributed by atoms with Gasteiger partial charge in [-0.1, -0.05) is 13.8 Å². The molecule has 5 heteroatoms. The normalized spacial score (nSPS) is 18.0. The molecular formula is C16H26N2O2S. The highest BCUT2D eigenvalue weighted by atomic mass is 32.1. The smallest absolute Gasteiger partial charge is 0.252 e. The third-order valence-electron chi connectivity index (χ3n) is 4.04. The third-order valence-corrected chi connectivity index (χ3v) is 5.01. The summed E-state index contributed by atoms with van der Waals surface area (Å²) in [5, 5.41) is 3.12. The van der Waals surface area contributed by atoms with Crippen molar-refractivity contribution in [2.24, 2.45) is 5.92 Å². The molecule has 1 aliphatic heterocycles. The summed E-state index contributed by atoms with van der Waals surface area (Å²) in [6.07, 6.45) is 0. The molecule has 0 spiro atoms. The molecule has 1 fully saturated rings. The number of carbonyl (C=O) groups excluding carboxylic acids is 1. The number of morpholine rings is 1. The van der Waals surface area contributed by atoms with Gasteiger partial charge in [0.05, 0.1) is 18.8 Å². The number of hydrogen-bond acceptors (Lipinski definition) is 4. The Balaban J connectivity index is 1.95. The molecule has 21 heavy (non-hydrogen) atoms. The molecule has 0 bridgehead atoms. The molecule has 1 atom stereocenters. The summed E-state index contributed by atoms with van der Waals surface area (Å²) in [5.41, 5.74) is 0.821. The van der Waals surface area contributed by atoms with E-state index in [1.807, 2.05) is 19.9 Å². The van der Waals surface area contributed by atoms with Crippen molar-refractivity contribution in [1.82, 2.24) is 10.2 Å². The molecule has 1 aliphatic rings. The zero-order chi connectivity index (χ0) is 15.4. The van der Waals surface area contributed by atoms with Crippen LogP contribution in [0.15, 0.2) is 6.07 Å². The number of rotatable bonds is 5. The van der Waals surface area contributed by atoms with Gasteiger partial charge >= 0.3 is 0 Å². The second kappa shape index (κ2) is 7.38. The van der Waals surface area contributed by atoms with E-state index in [1.54, 1.807) is 11.3 Å². The van der Waals surface area contributed by atoms with Gasteiger partial charge in [0.15, 0.2) is 0 Å². The fraction of sp³-hybridized carbons (Fsp3) is 0.688. The molecular weight excluding hydrogens is 284 g/mol. The lowest BCUT2D eigenvalue weighted by Gasteiger charge is -2.36. The van der Waals surface area contributed by atoms with Crippen LogP contribution < -0.4 is 5.32 Å². The lowest BCUT2D eigenvalue weighted by molar-refractivity contribution is 0.00673. The predicted molar refractivity (Wildman–Crippen MR) is 87.1 cm³/mol. The first-order valence-electron chi connectivity index (χ1n) is 7.66. The second-order valence-electron chi connectivity index (χ2n) is 6.00. The van der Waals surface area contributed by atoms with Gasteiger partial charge in [0.2, 0.25) is 0 Å². The lowest BCUT2D eigenvalue weighted by atomic mass is 10.0. The van der Waals surface area contributed by atoms with E-state index in [0.29, 0.717) is 18.5 Å². The maximum atomic E-state index is 12.3. The van der Waals surface area contributed by atoms with Crippen LogP contribution >= 0.6 is 11.3 Å². The van der Waals surface area contributed by atoms with Crippen LogP contribution in [0.2, 0.25) is 0 Å². The minimum Gasteiger partial charge on any atom is -0.379 e. The average molecular weight is 310 g/mol. The summed E-state index contributed by atoms with van der Waals surface area (Å²) in [5.74, 6) is 0.560. The number of ether oxygens (including phenoxy) is 1. The first-order valence-corrected chi connectivity index (χ1v) is 8.47. The minimum atomic E-state index is 0.0516. The summed E-state index contributed by atoms with van der Waals surface area (Å²) in [6, 6.07) is 2.35. The van der Waals surface area contributed by atoms with Crippen molar-refractivity contribution in [3.05, 3.63) is 21.4 Å². The largest absolute Gasteiger partial charge is 0.379 e. The molecule has 0 radical (unpaired) electrons. The highest BCUT2D eigenvalue weighted by Gasteiger charge is 2.24. The van der Waals surface area contributed by atoms with Gasteiger partial charge in [-0.3, -0.25) is 9.69 Å². The van der Waals surface area contributed by atoms with Crippen molar-refractivity contribution < 1.29 is 9.53 Å². The predicted octanol–water partition coefficient (Wildman–Crippen LogP) is 2.45. The molecule has 118 valence electrons. The number of hydrogen-bond donors (Lipinski definition) is 1. The molecule has 1 unspecified atom stereocenters. The summed E-state index contributed by atoms with van der Waals surface area (Å²) in [4.78, 5) is 17.1. The van der Waals surface area contributed by atoms with E-state index in [4.69, 9.17) is 4.74 Å². The molecule has 0 saturated carbocycles. The molecule has 0 aromatic carbocycles. The van der Waals surface area contributed by atoms with E-state index in [-0.39, 0.29) is 5.91 Å². The lowest BCUT2D eigenvalue weighted by Crippen LogP contribution is -2.51. The van der Waals surface area contributed by atoms with E-state index in [0.717, 1.165) is 36.7 Å². The molecule has 1 amide bonds. The second-order valence-corrected chi connectivity index (χ2v) is 7.46. The minimum absolute atomic E-state index is 0.0516. The Morgan fingerprint density at radius 2 is 2.05 bits per heavy atom. The number of carbonyl (C=O) groups is 1. The van der Waals surface area contributed by atoms with Gasteiger partial charge in [0.25, 0.3) is 5.91 Å². The summed E-state index contributed by atoms with van der Waals surface area (Å²) in [7, 11) is 0. The number of aryl methyl sites for hydroxylation is 2. The van der Waals surface area contributed by atoms with Gasteiger partial charge in [-0.25, -0.2) is 0 Å². The first-order chi connectivity index (χ1) is 9.99. The Hall–Kier alpha value is -0.910. The van der Waals surface area contributed by atoms with E-state index in [1.165, 1.54) is 4.88 Å².